The Kier molecular flexibility index (Phi) is 3.32. The third-order valence-corrected chi connectivity index (χ3v) is 4.89. The molecule has 4 heteroatoms. The first-order valence-electron chi connectivity index (χ1n) is 7.47. The normalized spacial score (nSPS) is 17.7. The minimum absolute atomic E-state index is 0.394. The van der Waals surface area contributed by atoms with Gasteiger partial charge in [0.2, 0.25) is 5.95 Å². The number of nitrogens with zero attached hydrogens (tertiary/aromatic N) is 2. The first-order valence-corrected chi connectivity index (χ1v) is 7.47. The van der Waals surface area contributed by atoms with Crippen LogP contribution in [0.25, 0.3) is 11.0 Å². The summed E-state index contributed by atoms with van der Waals surface area (Å²) in [6.45, 7) is 3.26. The predicted molar refractivity (Wildman–Crippen MR) is 81.9 cm³/mol. The molecule has 2 N–H and O–H groups in total. The van der Waals surface area contributed by atoms with Crippen LogP contribution in [0.3, 0.4) is 0 Å². The Morgan fingerprint density at radius 1 is 1.35 bits per heavy atom. The number of imidazole rings is 1. The molecule has 1 saturated carbocycles. The molecule has 20 heavy (non-hydrogen) atoms. The van der Waals surface area contributed by atoms with Crippen LogP contribution in [0.1, 0.15) is 39.0 Å². The van der Waals surface area contributed by atoms with E-state index in [1.54, 1.807) is 7.11 Å². The van der Waals surface area contributed by atoms with Gasteiger partial charge in [-0.15, -0.1) is 0 Å². The molecule has 0 bridgehead atoms. The molecule has 1 fully saturated rings. The summed E-state index contributed by atoms with van der Waals surface area (Å²) in [5, 5.41) is 0. The maximum Gasteiger partial charge on any atom is 0.201 e. The monoisotopic (exact) mass is 273 g/mol. The zero-order valence-corrected chi connectivity index (χ0v) is 12.4. The van der Waals surface area contributed by atoms with E-state index in [1.807, 2.05) is 18.2 Å². The van der Waals surface area contributed by atoms with E-state index in [0.29, 0.717) is 11.4 Å². The number of anilines is 1. The van der Waals surface area contributed by atoms with Gasteiger partial charge in [0.05, 0.1) is 18.1 Å². The number of benzene rings is 1. The lowest BCUT2D eigenvalue weighted by atomic mass is 9.83. The van der Waals surface area contributed by atoms with Crippen molar-refractivity contribution < 1.29 is 4.74 Å². The molecule has 1 heterocycles. The highest BCUT2D eigenvalue weighted by Crippen LogP contribution is 2.43. The average Bonchev–Trinajstić information content (AvgIpc) is 3.05. The molecule has 4 nitrogen and oxygen atoms in total. The maximum atomic E-state index is 6.15. The second-order valence-electron chi connectivity index (χ2n) is 5.97. The van der Waals surface area contributed by atoms with E-state index < -0.39 is 0 Å². The molecule has 1 aliphatic rings. The van der Waals surface area contributed by atoms with Crippen LogP contribution < -0.4 is 10.5 Å². The number of hydrogen-bond donors (Lipinski definition) is 1. The van der Waals surface area contributed by atoms with E-state index in [0.717, 1.165) is 23.3 Å². The standard InChI is InChI=1S/C16H23N3O/c1-3-16(8-4-5-9-16)11-19-14-10-12(20-2)6-7-13(14)18-15(19)17/h6-7,10H,3-5,8-9,11H2,1-2H3,(H2,17,18). The molecule has 0 amide bonds. The highest BCUT2D eigenvalue weighted by atomic mass is 16.5. The Hall–Kier alpha value is -1.71. The lowest BCUT2D eigenvalue weighted by molar-refractivity contribution is 0.242. The van der Waals surface area contributed by atoms with Crippen LogP contribution in [-0.2, 0) is 6.54 Å². The molecule has 0 atom stereocenters. The molecule has 1 aromatic heterocycles. The van der Waals surface area contributed by atoms with Crippen LogP contribution in [0.5, 0.6) is 5.75 Å². The van der Waals surface area contributed by atoms with Crippen molar-refractivity contribution in [2.45, 2.75) is 45.6 Å². The summed E-state index contributed by atoms with van der Waals surface area (Å²) < 4.78 is 7.50. The number of rotatable bonds is 4. The summed E-state index contributed by atoms with van der Waals surface area (Å²) in [5.74, 6) is 1.48. The van der Waals surface area contributed by atoms with Gasteiger partial charge in [-0.25, -0.2) is 4.98 Å². The number of ether oxygens (including phenoxy) is 1. The van der Waals surface area contributed by atoms with Crippen molar-refractivity contribution in [2.24, 2.45) is 5.41 Å². The van der Waals surface area contributed by atoms with Crippen LogP contribution in [-0.4, -0.2) is 16.7 Å². The van der Waals surface area contributed by atoms with Gasteiger partial charge in [0.25, 0.3) is 0 Å². The number of nitrogens with two attached hydrogens (primary N) is 1. The minimum Gasteiger partial charge on any atom is -0.497 e. The fraction of sp³-hybridized carbons (Fsp3) is 0.562. The van der Waals surface area contributed by atoms with E-state index in [2.05, 4.69) is 16.5 Å². The Balaban J connectivity index is 2.03. The summed E-state index contributed by atoms with van der Waals surface area (Å²) in [4.78, 5) is 4.48. The lowest BCUT2D eigenvalue weighted by Gasteiger charge is -2.28. The van der Waals surface area contributed by atoms with E-state index in [1.165, 1.54) is 32.1 Å². The van der Waals surface area contributed by atoms with Crippen molar-refractivity contribution >= 4 is 17.0 Å². The summed E-state index contributed by atoms with van der Waals surface area (Å²) in [7, 11) is 1.69. The Morgan fingerprint density at radius 3 is 2.75 bits per heavy atom. The molecule has 108 valence electrons. The van der Waals surface area contributed by atoms with E-state index >= 15 is 0 Å². The second-order valence-corrected chi connectivity index (χ2v) is 5.97. The number of nitrogen functional groups attached to an aromatic ring is 1. The van der Waals surface area contributed by atoms with Gasteiger partial charge in [0.1, 0.15) is 5.75 Å². The topological polar surface area (TPSA) is 53.1 Å². The van der Waals surface area contributed by atoms with Crippen molar-refractivity contribution in [3.63, 3.8) is 0 Å². The predicted octanol–water partition coefficient (Wildman–Crippen LogP) is 3.60. The van der Waals surface area contributed by atoms with E-state index in [9.17, 15) is 0 Å². The molecule has 0 radical (unpaired) electrons. The second kappa shape index (κ2) is 5.00. The van der Waals surface area contributed by atoms with Gasteiger partial charge >= 0.3 is 0 Å². The highest BCUT2D eigenvalue weighted by molar-refractivity contribution is 5.79. The molecule has 0 saturated heterocycles. The summed E-state index contributed by atoms with van der Waals surface area (Å²) in [6, 6.07) is 5.95. The molecule has 1 aromatic carbocycles. The van der Waals surface area contributed by atoms with Crippen LogP contribution in [0.2, 0.25) is 0 Å². The van der Waals surface area contributed by atoms with Crippen LogP contribution in [0, 0.1) is 5.41 Å². The Bertz CT molecular complexity index is 611. The summed E-state index contributed by atoms with van der Waals surface area (Å²) in [6.07, 6.45) is 6.47. The molecule has 2 aromatic rings. The molecular weight excluding hydrogens is 250 g/mol. The molecule has 0 unspecified atom stereocenters. The van der Waals surface area contributed by atoms with Gasteiger partial charge in [-0.3, -0.25) is 0 Å². The van der Waals surface area contributed by atoms with Gasteiger partial charge in [-0.05, 0) is 36.8 Å². The van der Waals surface area contributed by atoms with Crippen molar-refractivity contribution in [3.05, 3.63) is 18.2 Å². The zero-order valence-electron chi connectivity index (χ0n) is 12.4. The summed E-state index contributed by atoms with van der Waals surface area (Å²) in [5.41, 5.74) is 8.58. The van der Waals surface area contributed by atoms with E-state index in [4.69, 9.17) is 10.5 Å². The van der Waals surface area contributed by atoms with Crippen molar-refractivity contribution in [2.75, 3.05) is 12.8 Å². The van der Waals surface area contributed by atoms with Crippen LogP contribution in [0.15, 0.2) is 18.2 Å². The highest BCUT2D eigenvalue weighted by Gasteiger charge is 2.33. The average molecular weight is 273 g/mol. The third-order valence-electron chi connectivity index (χ3n) is 4.89. The van der Waals surface area contributed by atoms with Gasteiger partial charge in [0, 0.05) is 12.6 Å². The van der Waals surface area contributed by atoms with Crippen LogP contribution in [0.4, 0.5) is 5.95 Å². The number of aromatic nitrogens is 2. The minimum atomic E-state index is 0.394. The van der Waals surface area contributed by atoms with Gasteiger partial charge in [-0.2, -0.15) is 0 Å². The fourth-order valence-electron chi connectivity index (χ4n) is 3.50. The van der Waals surface area contributed by atoms with Gasteiger partial charge in [-0.1, -0.05) is 19.8 Å². The smallest absolute Gasteiger partial charge is 0.201 e. The molecule has 0 spiro atoms. The third kappa shape index (κ3) is 2.13. The molecule has 3 rings (SSSR count). The van der Waals surface area contributed by atoms with Crippen molar-refractivity contribution in [1.82, 2.24) is 9.55 Å². The molecule has 0 aliphatic heterocycles. The largest absolute Gasteiger partial charge is 0.497 e. The molecule has 1 aliphatic carbocycles. The van der Waals surface area contributed by atoms with Gasteiger partial charge in [0.15, 0.2) is 0 Å². The first kappa shape index (κ1) is 13.3. The van der Waals surface area contributed by atoms with Crippen molar-refractivity contribution in [3.8, 4) is 5.75 Å². The van der Waals surface area contributed by atoms with E-state index in [-0.39, 0.29) is 0 Å². The Labute approximate surface area is 119 Å². The first-order chi connectivity index (χ1) is 9.67. The van der Waals surface area contributed by atoms with Gasteiger partial charge < -0.3 is 15.0 Å². The van der Waals surface area contributed by atoms with Crippen LogP contribution >= 0.6 is 0 Å². The lowest BCUT2D eigenvalue weighted by Crippen LogP contribution is -2.23. The Morgan fingerprint density at radius 2 is 2.10 bits per heavy atom. The SMILES string of the molecule is CCC1(Cn2c(N)nc3ccc(OC)cc32)CCCC1. The number of hydrogen-bond acceptors (Lipinski definition) is 3. The quantitative estimate of drug-likeness (QED) is 0.926. The molecular formula is C16H23N3O. The zero-order chi connectivity index (χ0) is 14.2. The van der Waals surface area contributed by atoms with Crippen molar-refractivity contribution in [1.29, 1.82) is 0 Å². The number of fused-ring (bicyclic) bond motifs is 1. The summed E-state index contributed by atoms with van der Waals surface area (Å²) >= 11 is 0. The fourth-order valence-corrected chi connectivity index (χ4v) is 3.50. The number of methoxy groups -OCH3 is 1. The maximum absolute atomic E-state index is 6.15.